The highest BCUT2D eigenvalue weighted by molar-refractivity contribution is 6.17. The highest BCUT2D eigenvalue weighted by Crippen LogP contribution is 2.25. The van der Waals surface area contributed by atoms with Gasteiger partial charge in [-0.15, -0.1) is 11.6 Å². The molecule has 4 heteroatoms. The number of hydrogen-bond donors (Lipinski definition) is 1. The van der Waals surface area contributed by atoms with Crippen LogP contribution in [0.15, 0.2) is 23.0 Å². The number of hydrogen-bond acceptors (Lipinski definition) is 2. The van der Waals surface area contributed by atoms with Crippen molar-refractivity contribution in [2.75, 3.05) is 7.11 Å². The predicted octanol–water partition coefficient (Wildman–Crippen LogP) is 2.58. The van der Waals surface area contributed by atoms with E-state index >= 15 is 0 Å². The number of methoxy groups -OCH3 is 1. The van der Waals surface area contributed by atoms with Crippen LogP contribution in [0.1, 0.15) is 11.1 Å². The number of halogens is 1. The molecule has 0 aliphatic rings. The van der Waals surface area contributed by atoms with Crippen molar-refractivity contribution in [3.8, 4) is 5.75 Å². The number of rotatable bonds is 2. The summed E-state index contributed by atoms with van der Waals surface area (Å²) in [6.45, 7) is 1.98. The molecule has 0 atom stereocenters. The lowest BCUT2D eigenvalue weighted by atomic mass is 10.1. The Bertz CT molecular complexity index is 589. The summed E-state index contributed by atoms with van der Waals surface area (Å²) in [5.41, 5.74) is 2.22. The maximum absolute atomic E-state index is 11.6. The molecule has 0 aliphatic heterocycles. The number of benzene rings is 1. The summed E-state index contributed by atoms with van der Waals surface area (Å²) < 4.78 is 5.21. The summed E-state index contributed by atoms with van der Waals surface area (Å²) in [5.74, 6) is 0.876. The highest BCUT2D eigenvalue weighted by Gasteiger charge is 2.08. The van der Waals surface area contributed by atoms with E-state index in [1.54, 1.807) is 7.11 Å². The summed E-state index contributed by atoms with van der Waals surface area (Å²) in [5, 5.41) is 0.967. The number of pyridine rings is 1. The summed E-state index contributed by atoms with van der Waals surface area (Å²) in [6, 6.07) is 5.62. The van der Waals surface area contributed by atoms with E-state index in [-0.39, 0.29) is 11.4 Å². The summed E-state index contributed by atoms with van der Waals surface area (Å²) in [4.78, 5) is 14.5. The Morgan fingerprint density at radius 3 is 2.81 bits per heavy atom. The molecule has 0 radical (unpaired) electrons. The molecule has 0 fully saturated rings. The molecule has 3 nitrogen and oxygen atoms in total. The third kappa shape index (κ3) is 1.67. The molecule has 0 saturated carbocycles. The van der Waals surface area contributed by atoms with E-state index in [0.29, 0.717) is 11.3 Å². The average molecular weight is 238 g/mol. The molecule has 0 amide bonds. The first kappa shape index (κ1) is 11.0. The first-order valence-corrected chi connectivity index (χ1v) is 5.46. The first-order valence-electron chi connectivity index (χ1n) is 4.93. The molecule has 1 aromatic carbocycles. The second-order valence-electron chi connectivity index (χ2n) is 3.63. The molecular formula is C12H12ClNO2. The van der Waals surface area contributed by atoms with Gasteiger partial charge in [0.05, 0.1) is 18.5 Å². The maximum Gasteiger partial charge on any atom is 0.252 e. The molecule has 2 rings (SSSR count). The minimum absolute atomic E-state index is 0.161. The van der Waals surface area contributed by atoms with E-state index in [4.69, 9.17) is 16.3 Å². The van der Waals surface area contributed by atoms with Crippen molar-refractivity contribution in [1.82, 2.24) is 4.98 Å². The average Bonchev–Trinajstić information content (AvgIpc) is 2.29. The van der Waals surface area contributed by atoms with E-state index < -0.39 is 0 Å². The SMILES string of the molecule is COc1ccc(C)c2cc(CCl)c(=O)[nH]c12. The van der Waals surface area contributed by atoms with Gasteiger partial charge >= 0.3 is 0 Å². The third-order valence-corrected chi connectivity index (χ3v) is 2.93. The van der Waals surface area contributed by atoms with Crippen LogP contribution >= 0.6 is 11.6 Å². The van der Waals surface area contributed by atoms with E-state index in [9.17, 15) is 4.79 Å². The zero-order valence-electron chi connectivity index (χ0n) is 9.13. The van der Waals surface area contributed by atoms with Gasteiger partial charge in [-0.1, -0.05) is 6.07 Å². The molecule has 1 N–H and O–H groups in total. The molecule has 0 saturated heterocycles. The minimum Gasteiger partial charge on any atom is -0.495 e. The molecule has 0 unspecified atom stereocenters. The van der Waals surface area contributed by atoms with E-state index in [2.05, 4.69) is 4.98 Å². The number of ether oxygens (including phenoxy) is 1. The Hall–Kier alpha value is -1.48. The van der Waals surface area contributed by atoms with Gasteiger partial charge in [-0.25, -0.2) is 0 Å². The Kier molecular flexibility index (Phi) is 2.88. The number of H-pyrrole nitrogens is 1. The smallest absolute Gasteiger partial charge is 0.252 e. The minimum atomic E-state index is -0.161. The number of nitrogens with one attached hydrogen (secondary N) is 1. The van der Waals surface area contributed by atoms with Crippen LogP contribution in [0.4, 0.5) is 0 Å². The van der Waals surface area contributed by atoms with Gasteiger partial charge in [0.1, 0.15) is 5.75 Å². The fraction of sp³-hybridized carbons (Fsp3) is 0.250. The van der Waals surface area contributed by atoms with Gasteiger partial charge in [0.2, 0.25) is 0 Å². The van der Waals surface area contributed by atoms with Crippen molar-refractivity contribution in [3.05, 3.63) is 39.7 Å². The lowest BCUT2D eigenvalue weighted by molar-refractivity contribution is 0.418. The number of aryl methyl sites for hydroxylation is 1. The maximum atomic E-state index is 11.6. The molecule has 0 aliphatic carbocycles. The molecule has 1 aromatic heterocycles. The van der Waals surface area contributed by atoms with Crippen LogP contribution in [0.25, 0.3) is 10.9 Å². The first-order chi connectivity index (χ1) is 7.67. The van der Waals surface area contributed by atoms with Crippen LogP contribution in [-0.2, 0) is 5.88 Å². The molecule has 0 spiro atoms. The lowest BCUT2D eigenvalue weighted by Gasteiger charge is -2.08. The van der Waals surface area contributed by atoms with Crippen LogP contribution in [0.3, 0.4) is 0 Å². The van der Waals surface area contributed by atoms with Gasteiger partial charge in [-0.05, 0) is 24.6 Å². The monoisotopic (exact) mass is 237 g/mol. The van der Waals surface area contributed by atoms with Crippen LogP contribution in [-0.4, -0.2) is 12.1 Å². The number of aromatic nitrogens is 1. The molecule has 84 valence electrons. The van der Waals surface area contributed by atoms with Gasteiger partial charge < -0.3 is 9.72 Å². The Balaban J connectivity index is 2.88. The fourth-order valence-corrected chi connectivity index (χ4v) is 1.92. The Morgan fingerprint density at radius 1 is 1.44 bits per heavy atom. The van der Waals surface area contributed by atoms with Crippen molar-refractivity contribution in [2.45, 2.75) is 12.8 Å². The van der Waals surface area contributed by atoms with E-state index in [1.807, 2.05) is 25.1 Å². The Labute approximate surface area is 98.0 Å². The third-order valence-electron chi connectivity index (χ3n) is 2.64. The number of alkyl halides is 1. The van der Waals surface area contributed by atoms with Gasteiger partial charge in [0.25, 0.3) is 5.56 Å². The fourth-order valence-electron chi connectivity index (χ4n) is 1.72. The molecule has 16 heavy (non-hydrogen) atoms. The van der Waals surface area contributed by atoms with Crippen molar-refractivity contribution in [1.29, 1.82) is 0 Å². The van der Waals surface area contributed by atoms with Crippen molar-refractivity contribution in [2.24, 2.45) is 0 Å². The van der Waals surface area contributed by atoms with Crippen LogP contribution < -0.4 is 10.3 Å². The summed E-state index contributed by atoms with van der Waals surface area (Å²) >= 11 is 5.71. The summed E-state index contributed by atoms with van der Waals surface area (Å²) in [7, 11) is 1.58. The number of aromatic amines is 1. The molecule has 0 bridgehead atoms. The number of fused-ring (bicyclic) bond motifs is 1. The van der Waals surface area contributed by atoms with Crippen LogP contribution in [0.5, 0.6) is 5.75 Å². The van der Waals surface area contributed by atoms with E-state index in [0.717, 1.165) is 16.5 Å². The van der Waals surface area contributed by atoms with Crippen LogP contribution in [0.2, 0.25) is 0 Å². The van der Waals surface area contributed by atoms with Crippen molar-refractivity contribution in [3.63, 3.8) is 0 Å². The topological polar surface area (TPSA) is 42.1 Å². The summed E-state index contributed by atoms with van der Waals surface area (Å²) in [6.07, 6.45) is 0. The largest absolute Gasteiger partial charge is 0.495 e. The van der Waals surface area contributed by atoms with Gasteiger partial charge in [0, 0.05) is 10.9 Å². The lowest BCUT2D eigenvalue weighted by Crippen LogP contribution is -2.11. The van der Waals surface area contributed by atoms with E-state index in [1.165, 1.54) is 0 Å². The van der Waals surface area contributed by atoms with Crippen molar-refractivity contribution < 1.29 is 4.74 Å². The zero-order valence-corrected chi connectivity index (χ0v) is 9.89. The van der Waals surface area contributed by atoms with Gasteiger partial charge in [-0.2, -0.15) is 0 Å². The second-order valence-corrected chi connectivity index (χ2v) is 3.90. The quantitative estimate of drug-likeness (QED) is 0.816. The highest BCUT2D eigenvalue weighted by atomic mass is 35.5. The standard InChI is InChI=1S/C12H12ClNO2/c1-7-3-4-10(16-2)11-9(7)5-8(6-13)12(15)14-11/h3-5H,6H2,1-2H3,(H,14,15). The van der Waals surface area contributed by atoms with Crippen LogP contribution in [0, 0.1) is 6.92 Å². The normalized spacial score (nSPS) is 10.7. The zero-order chi connectivity index (χ0) is 11.7. The molecular weight excluding hydrogens is 226 g/mol. The molecule has 1 heterocycles. The Morgan fingerprint density at radius 2 is 2.19 bits per heavy atom. The van der Waals surface area contributed by atoms with Gasteiger partial charge in [-0.3, -0.25) is 4.79 Å². The second kappa shape index (κ2) is 4.18. The molecule has 2 aromatic rings. The van der Waals surface area contributed by atoms with Gasteiger partial charge in [0.15, 0.2) is 0 Å². The van der Waals surface area contributed by atoms with Crippen molar-refractivity contribution >= 4 is 22.5 Å². The predicted molar refractivity (Wildman–Crippen MR) is 65.4 cm³/mol.